The Labute approximate surface area is 219 Å². The van der Waals surface area contributed by atoms with Crippen LogP contribution in [0.25, 0.3) is 0 Å². The van der Waals surface area contributed by atoms with Crippen molar-refractivity contribution in [1.29, 1.82) is 0 Å². The predicted octanol–water partition coefficient (Wildman–Crippen LogP) is 3.04. The maximum absolute atomic E-state index is 13.0. The maximum Gasteiger partial charge on any atom is 0.271 e. The molecule has 3 aliphatic rings. The first kappa shape index (κ1) is 24.7. The summed E-state index contributed by atoms with van der Waals surface area (Å²) >= 11 is 12.6. The molecule has 3 heterocycles. The van der Waals surface area contributed by atoms with Gasteiger partial charge < -0.3 is 15.0 Å². The maximum atomic E-state index is 13.0. The minimum Gasteiger partial charge on any atom is -0.378 e. The number of halogens is 2. The van der Waals surface area contributed by atoms with E-state index < -0.39 is 0 Å². The van der Waals surface area contributed by atoms with E-state index >= 15 is 0 Å². The molecule has 2 aromatic carbocycles. The van der Waals surface area contributed by atoms with Gasteiger partial charge in [-0.05, 0) is 48.0 Å². The summed E-state index contributed by atoms with van der Waals surface area (Å²) in [6, 6.07) is 12.2. The lowest BCUT2D eigenvalue weighted by molar-refractivity contribution is -0.110. The van der Waals surface area contributed by atoms with E-state index in [-0.39, 0.29) is 17.9 Å². The van der Waals surface area contributed by atoms with Gasteiger partial charge in [-0.15, -0.1) is 0 Å². The van der Waals surface area contributed by atoms with E-state index in [1.807, 2.05) is 6.07 Å². The van der Waals surface area contributed by atoms with E-state index in [2.05, 4.69) is 25.7 Å². The van der Waals surface area contributed by atoms with Crippen molar-refractivity contribution >= 4 is 52.3 Å². The van der Waals surface area contributed by atoms with Crippen molar-refractivity contribution in [3.05, 3.63) is 63.6 Å². The van der Waals surface area contributed by atoms with Crippen molar-refractivity contribution in [2.75, 3.05) is 44.7 Å². The van der Waals surface area contributed by atoms with Crippen LogP contribution in [-0.4, -0.2) is 78.6 Å². The van der Waals surface area contributed by atoms with Gasteiger partial charge in [0.2, 0.25) is 0 Å². The molecule has 11 heteroatoms. The van der Waals surface area contributed by atoms with Gasteiger partial charge in [-0.25, -0.2) is 0 Å². The SMILES string of the molecule is O=C(Nc1ccc(C(=O)N2CCOCC2)cc1)C1=NNC2=NCCN(Cc3cc(Cl)ccc3Cl)C2C1. The number of fused-ring (bicyclic) bond motifs is 1. The molecule has 1 unspecified atom stereocenters. The fourth-order valence-electron chi connectivity index (χ4n) is 4.49. The lowest BCUT2D eigenvalue weighted by Gasteiger charge is -2.37. The van der Waals surface area contributed by atoms with Crippen molar-refractivity contribution in [2.45, 2.75) is 19.0 Å². The number of rotatable bonds is 5. The highest BCUT2D eigenvalue weighted by Crippen LogP contribution is 2.25. The Morgan fingerprint density at radius 3 is 2.64 bits per heavy atom. The number of hydrogen-bond acceptors (Lipinski definition) is 7. The molecule has 2 N–H and O–H groups in total. The van der Waals surface area contributed by atoms with Gasteiger partial charge in [0.1, 0.15) is 11.5 Å². The number of carbonyl (C=O) groups is 2. The summed E-state index contributed by atoms with van der Waals surface area (Å²) in [6.07, 6.45) is 0.406. The van der Waals surface area contributed by atoms with Crippen LogP contribution in [0, 0.1) is 0 Å². The molecule has 1 saturated heterocycles. The summed E-state index contributed by atoms with van der Waals surface area (Å²) in [6.45, 7) is 4.20. The van der Waals surface area contributed by atoms with Gasteiger partial charge in [-0.1, -0.05) is 23.2 Å². The van der Waals surface area contributed by atoms with Crippen LogP contribution in [0.4, 0.5) is 5.69 Å². The van der Waals surface area contributed by atoms with E-state index in [0.717, 1.165) is 17.9 Å². The van der Waals surface area contributed by atoms with Crippen LogP contribution in [0.5, 0.6) is 0 Å². The summed E-state index contributed by atoms with van der Waals surface area (Å²) < 4.78 is 5.31. The molecule has 1 fully saturated rings. The summed E-state index contributed by atoms with van der Waals surface area (Å²) in [5.41, 5.74) is 5.41. The Kier molecular flexibility index (Phi) is 7.52. The van der Waals surface area contributed by atoms with Gasteiger partial charge in [0.25, 0.3) is 11.8 Å². The second-order valence-electron chi connectivity index (χ2n) is 8.80. The van der Waals surface area contributed by atoms with Crippen LogP contribution in [0.1, 0.15) is 22.3 Å². The van der Waals surface area contributed by atoms with E-state index in [1.165, 1.54) is 0 Å². The number of amides is 2. The molecule has 2 aromatic rings. The molecular weight excluding hydrogens is 503 g/mol. The first-order valence-corrected chi connectivity index (χ1v) is 12.6. The number of benzene rings is 2. The lowest BCUT2D eigenvalue weighted by atomic mass is 10.0. The minimum absolute atomic E-state index is 0.0407. The number of anilines is 1. The molecule has 0 spiro atoms. The number of amidine groups is 1. The smallest absolute Gasteiger partial charge is 0.271 e. The standard InChI is InChI=1S/C25H26Cl2N6O3/c26-18-3-6-20(27)17(13-18)15-33-8-7-28-23-22(33)14-21(30-31-23)24(34)29-19-4-1-16(2-5-19)25(35)32-9-11-36-12-10-32/h1-6,13,22H,7-12,14-15H2,(H,28,31)(H,29,34). The minimum atomic E-state index is -0.305. The van der Waals surface area contributed by atoms with Crippen molar-refractivity contribution in [3.8, 4) is 0 Å². The molecule has 188 valence electrons. The number of nitrogens with zero attached hydrogens (tertiary/aromatic N) is 4. The van der Waals surface area contributed by atoms with E-state index in [9.17, 15) is 9.59 Å². The highest BCUT2D eigenvalue weighted by molar-refractivity contribution is 6.44. The highest BCUT2D eigenvalue weighted by Gasteiger charge is 2.34. The monoisotopic (exact) mass is 528 g/mol. The summed E-state index contributed by atoms with van der Waals surface area (Å²) in [4.78, 5) is 34.2. The molecule has 3 aliphatic heterocycles. The zero-order valence-electron chi connectivity index (χ0n) is 19.5. The van der Waals surface area contributed by atoms with Crippen LogP contribution in [-0.2, 0) is 16.1 Å². The van der Waals surface area contributed by atoms with Gasteiger partial charge in [-0.3, -0.25) is 24.9 Å². The number of morpholine rings is 1. The molecule has 0 aromatic heterocycles. The van der Waals surface area contributed by atoms with Crippen LogP contribution >= 0.6 is 23.2 Å². The predicted molar refractivity (Wildman–Crippen MR) is 140 cm³/mol. The Morgan fingerprint density at radius 1 is 1.08 bits per heavy atom. The third-order valence-corrected chi connectivity index (χ3v) is 7.05. The molecular formula is C25H26Cl2N6O3. The fraction of sp³-hybridized carbons (Fsp3) is 0.360. The van der Waals surface area contributed by atoms with Crippen molar-refractivity contribution in [1.82, 2.24) is 15.2 Å². The zero-order chi connectivity index (χ0) is 25.1. The average Bonchev–Trinajstić information content (AvgIpc) is 2.91. The van der Waals surface area contributed by atoms with Gasteiger partial charge in [-0.2, -0.15) is 5.10 Å². The van der Waals surface area contributed by atoms with Gasteiger partial charge in [0.05, 0.1) is 25.8 Å². The van der Waals surface area contributed by atoms with Gasteiger partial charge >= 0.3 is 0 Å². The number of hydrogen-bond donors (Lipinski definition) is 2. The van der Waals surface area contributed by atoms with Crippen LogP contribution in [0.2, 0.25) is 10.0 Å². The number of aliphatic imine (C=N–C) groups is 1. The topological polar surface area (TPSA) is 98.6 Å². The quantitative estimate of drug-likeness (QED) is 0.621. The largest absolute Gasteiger partial charge is 0.378 e. The number of carbonyl (C=O) groups excluding carboxylic acids is 2. The van der Waals surface area contributed by atoms with Crippen molar-refractivity contribution in [2.24, 2.45) is 10.1 Å². The lowest BCUT2D eigenvalue weighted by Crippen LogP contribution is -2.54. The molecule has 0 radical (unpaired) electrons. The number of hydrazone groups is 1. The normalized spacial score (nSPS) is 20.1. The molecule has 0 saturated carbocycles. The third-order valence-electron chi connectivity index (χ3n) is 6.45. The number of ether oxygens (including phenoxy) is 1. The second kappa shape index (κ2) is 11.0. The third kappa shape index (κ3) is 5.54. The first-order valence-electron chi connectivity index (χ1n) is 11.8. The Balaban J connectivity index is 1.23. The van der Waals surface area contributed by atoms with Gasteiger partial charge in [0.15, 0.2) is 0 Å². The summed E-state index contributed by atoms with van der Waals surface area (Å²) in [5.74, 6) is 0.392. The van der Waals surface area contributed by atoms with Crippen LogP contribution < -0.4 is 10.7 Å². The van der Waals surface area contributed by atoms with E-state index in [0.29, 0.717) is 72.8 Å². The Morgan fingerprint density at radius 2 is 1.86 bits per heavy atom. The fourth-order valence-corrected chi connectivity index (χ4v) is 4.86. The molecule has 5 rings (SSSR count). The van der Waals surface area contributed by atoms with Crippen molar-refractivity contribution < 1.29 is 14.3 Å². The van der Waals surface area contributed by atoms with E-state index in [4.69, 9.17) is 27.9 Å². The molecule has 0 bridgehead atoms. The molecule has 36 heavy (non-hydrogen) atoms. The summed E-state index contributed by atoms with van der Waals surface area (Å²) in [7, 11) is 0. The van der Waals surface area contributed by atoms with Gasteiger partial charge in [0, 0.05) is 53.9 Å². The Hall–Kier alpha value is -2.98. The van der Waals surface area contributed by atoms with E-state index in [1.54, 1.807) is 41.3 Å². The zero-order valence-corrected chi connectivity index (χ0v) is 21.1. The molecule has 2 amide bonds. The van der Waals surface area contributed by atoms with Crippen LogP contribution in [0.15, 0.2) is 52.6 Å². The van der Waals surface area contributed by atoms with Crippen LogP contribution in [0.3, 0.4) is 0 Å². The first-order chi connectivity index (χ1) is 17.5. The second-order valence-corrected chi connectivity index (χ2v) is 9.64. The number of nitrogens with one attached hydrogen (secondary N) is 2. The Bertz CT molecular complexity index is 1210. The highest BCUT2D eigenvalue weighted by atomic mass is 35.5. The molecule has 1 atom stereocenters. The van der Waals surface area contributed by atoms with Crippen molar-refractivity contribution in [3.63, 3.8) is 0 Å². The summed E-state index contributed by atoms with van der Waals surface area (Å²) in [5, 5.41) is 8.42. The molecule has 0 aliphatic carbocycles. The average molecular weight is 529 g/mol. The molecule has 9 nitrogen and oxygen atoms in total.